The summed E-state index contributed by atoms with van der Waals surface area (Å²) in [6.45, 7) is 8.11. The van der Waals surface area contributed by atoms with Crippen molar-refractivity contribution < 1.29 is 4.79 Å². The largest absolute Gasteiger partial charge is 0.342 e. The summed E-state index contributed by atoms with van der Waals surface area (Å²) in [6.07, 6.45) is 2.46. The standard InChI is InChI=1S/C10H19NO/c1-8(2)10(12)11-6-4-5-9(3)7-11/h8-9H,4-7H2,1-3H3/t9-/m0/s1. The van der Waals surface area contributed by atoms with Crippen molar-refractivity contribution >= 4 is 5.91 Å². The molecule has 0 aromatic carbocycles. The van der Waals surface area contributed by atoms with E-state index in [1.165, 1.54) is 12.8 Å². The van der Waals surface area contributed by atoms with E-state index in [9.17, 15) is 4.79 Å². The summed E-state index contributed by atoms with van der Waals surface area (Å²) in [4.78, 5) is 13.6. The second-order valence-electron chi connectivity index (χ2n) is 4.19. The molecular weight excluding hydrogens is 150 g/mol. The van der Waals surface area contributed by atoms with Crippen molar-refractivity contribution in [3.63, 3.8) is 0 Å². The Morgan fingerprint density at radius 3 is 2.67 bits per heavy atom. The van der Waals surface area contributed by atoms with Crippen LogP contribution in [0.3, 0.4) is 0 Å². The van der Waals surface area contributed by atoms with Crippen LogP contribution in [0, 0.1) is 11.8 Å². The fourth-order valence-electron chi connectivity index (χ4n) is 1.75. The average Bonchev–Trinajstić information content (AvgIpc) is 2.03. The first kappa shape index (κ1) is 9.56. The Morgan fingerprint density at radius 2 is 2.17 bits per heavy atom. The van der Waals surface area contributed by atoms with Gasteiger partial charge in [0.05, 0.1) is 0 Å². The summed E-state index contributed by atoms with van der Waals surface area (Å²) in [5, 5.41) is 0. The highest BCUT2D eigenvalue weighted by molar-refractivity contribution is 5.78. The van der Waals surface area contributed by atoms with Gasteiger partial charge in [0, 0.05) is 19.0 Å². The van der Waals surface area contributed by atoms with Crippen LogP contribution in [0.25, 0.3) is 0 Å². The summed E-state index contributed by atoms with van der Waals surface area (Å²) in [5.41, 5.74) is 0. The van der Waals surface area contributed by atoms with Crippen molar-refractivity contribution in [2.75, 3.05) is 13.1 Å². The Morgan fingerprint density at radius 1 is 1.50 bits per heavy atom. The van der Waals surface area contributed by atoms with Crippen molar-refractivity contribution in [1.82, 2.24) is 4.90 Å². The maximum Gasteiger partial charge on any atom is 0.225 e. The molecule has 2 heteroatoms. The third kappa shape index (κ3) is 2.23. The molecule has 0 saturated carbocycles. The van der Waals surface area contributed by atoms with E-state index >= 15 is 0 Å². The van der Waals surface area contributed by atoms with Crippen LogP contribution in [0.4, 0.5) is 0 Å². The molecular formula is C10H19NO. The van der Waals surface area contributed by atoms with Gasteiger partial charge in [0.15, 0.2) is 0 Å². The lowest BCUT2D eigenvalue weighted by Crippen LogP contribution is -2.41. The topological polar surface area (TPSA) is 20.3 Å². The van der Waals surface area contributed by atoms with E-state index in [0.717, 1.165) is 13.1 Å². The Balaban J connectivity index is 2.46. The van der Waals surface area contributed by atoms with Gasteiger partial charge in [0.25, 0.3) is 0 Å². The predicted octanol–water partition coefficient (Wildman–Crippen LogP) is 1.90. The van der Waals surface area contributed by atoms with Gasteiger partial charge in [-0.15, -0.1) is 0 Å². The molecule has 2 nitrogen and oxygen atoms in total. The second-order valence-corrected chi connectivity index (χ2v) is 4.19. The molecule has 1 atom stereocenters. The number of carbonyl (C=O) groups is 1. The Labute approximate surface area is 74.9 Å². The van der Waals surface area contributed by atoms with Gasteiger partial charge in [0.1, 0.15) is 0 Å². The Hall–Kier alpha value is -0.530. The Bertz CT molecular complexity index is 165. The van der Waals surface area contributed by atoms with Crippen LogP contribution in [0.1, 0.15) is 33.6 Å². The van der Waals surface area contributed by atoms with Crippen molar-refractivity contribution in [3.05, 3.63) is 0 Å². The number of piperidine rings is 1. The van der Waals surface area contributed by atoms with Gasteiger partial charge in [-0.25, -0.2) is 0 Å². The lowest BCUT2D eigenvalue weighted by atomic mass is 9.99. The summed E-state index contributed by atoms with van der Waals surface area (Å²) < 4.78 is 0. The molecule has 1 amide bonds. The summed E-state index contributed by atoms with van der Waals surface area (Å²) >= 11 is 0. The minimum atomic E-state index is 0.162. The lowest BCUT2D eigenvalue weighted by molar-refractivity contribution is -0.136. The smallest absolute Gasteiger partial charge is 0.225 e. The van der Waals surface area contributed by atoms with Crippen LogP contribution in [0.2, 0.25) is 0 Å². The molecule has 0 aromatic rings. The molecule has 1 saturated heterocycles. The van der Waals surface area contributed by atoms with Crippen LogP contribution < -0.4 is 0 Å². The third-order valence-electron chi connectivity index (χ3n) is 2.46. The second kappa shape index (κ2) is 3.92. The predicted molar refractivity (Wildman–Crippen MR) is 49.8 cm³/mol. The number of likely N-dealkylation sites (tertiary alicyclic amines) is 1. The van der Waals surface area contributed by atoms with Crippen LogP contribution in [0.5, 0.6) is 0 Å². The van der Waals surface area contributed by atoms with Crippen LogP contribution in [-0.4, -0.2) is 23.9 Å². The molecule has 0 radical (unpaired) electrons. The van der Waals surface area contributed by atoms with Crippen molar-refractivity contribution in [2.24, 2.45) is 11.8 Å². The molecule has 0 aliphatic carbocycles. The summed E-state index contributed by atoms with van der Waals surface area (Å²) in [6, 6.07) is 0. The minimum absolute atomic E-state index is 0.162. The van der Waals surface area contributed by atoms with E-state index < -0.39 is 0 Å². The van der Waals surface area contributed by atoms with Crippen LogP contribution >= 0.6 is 0 Å². The number of carbonyl (C=O) groups excluding carboxylic acids is 1. The first-order valence-electron chi connectivity index (χ1n) is 4.90. The van der Waals surface area contributed by atoms with E-state index in [4.69, 9.17) is 0 Å². The first-order chi connectivity index (χ1) is 5.61. The van der Waals surface area contributed by atoms with E-state index in [1.807, 2.05) is 18.7 Å². The highest BCUT2D eigenvalue weighted by Crippen LogP contribution is 2.17. The van der Waals surface area contributed by atoms with Crippen molar-refractivity contribution in [2.45, 2.75) is 33.6 Å². The van der Waals surface area contributed by atoms with Crippen LogP contribution in [-0.2, 0) is 4.79 Å². The van der Waals surface area contributed by atoms with Gasteiger partial charge < -0.3 is 4.90 Å². The average molecular weight is 169 g/mol. The maximum atomic E-state index is 11.6. The van der Waals surface area contributed by atoms with E-state index in [-0.39, 0.29) is 5.92 Å². The molecule has 1 heterocycles. The zero-order chi connectivity index (χ0) is 9.14. The summed E-state index contributed by atoms with van der Waals surface area (Å²) in [7, 11) is 0. The normalized spacial score (nSPS) is 24.7. The molecule has 0 spiro atoms. The minimum Gasteiger partial charge on any atom is -0.342 e. The fraction of sp³-hybridized carbons (Fsp3) is 0.900. The van der Waals surface area contributed by atoms with E-state index in [2.05, 4.69) is 6.92 Å². The highest BCUT2D eigenvalue weighted by Gasteiger charge is 2.22. The molecule has 12 heavy (non-hydrogen) atoms. The lowest BCUT2D eigenvalue weighted by Gasteiger charge is -2.32. The Kier molecular flexibility index (Phi) is 3.12. The number of amides is 1. The molecule has 1 fully saturated rings. The zero-order valence-electron chi connectivity index (χ0n) is 8.34. The molecule has 1 aliphatic heterocycles. The van der Waals surface area contributed by atoms with Gasteiger partial charge in [-0.05, 0) is 18.8 Å². The van der Waals surface area contributed by atoms with E-state index in [1.54, 1.807) is 0 Å². The maximum absolute atomic E-state index is 11.6. The molecule has 1 aliphatic rings. The van der Waals surface area contributed by atoms with Gasteiger partial charge in [-0.2, -0.15) is 0 Å². The molecule has 0 bridgehead atoms. The van der Waals surface area contributed by atoms with Crippen molar-refractivity contribution in [3.8, 4) is 0 Å². The van der Waals surface area contributed by atoms with Crippen molar-refractivity contribution in [1.29, 1.82) is 0 Å². The molecule has 0 aromatic heterocycles. The van der Waals surface area contributed by atoms with Crippen LogP contribution in [0.15, 0.2) is 0 Å². The zero-order valence-corrected chi connectivity index (χ0v) is 8.34. The fourth-order valence-corrected chi connectivity index (χ4v) is 1.75. The highest BCUT2D eigenvalue weighted by atomic mass is 16.2. The number of hydrogen-bond acceptors (Lipinski definition) is 1. The number of rotatable bonds is 1. The molecule has 70 valence electrons. The van der Waals surface area contributed by atoms with Gasteiger partial charge in [0.2, 0.25) is 5.91 Å². The number of nitrogens with zero attached hydrogens (tertiary/aromatic N) is 1. The molecule has 0 unspecified atom stereocenters. The molecule has 1 rings (SSSR count). The SMILES string of the molecule is CC(C)C(=O)N1CCC[C@H](C)C1. The number of hydrogen-bond donors (Lipinski definition) is 0. The van der Waals surface area contributed by atoms with Gasteiger partial charge in [-0.1, -0.05) is 20.8 Å². The van der Waals surface area contributed by atoms with E-state index in [0.29, 0.717) is 11.8 Å². The van der Waals surface area contributed by atoms with Gasteiger partial charge >= 0.3 is 0 Å². The summed E-state index contributed by atoms with van der Waals surface area (Å²) in [5.74, 6) is 1.18. The third-order valence-corrected chi connectivity index (χ3v) is 2.46. The van der Waals surface area contributed by atoms with Gasteiger partial charge in [-0.3, -0.25) is 4.79 Å². The molecule has 0 N–H and O–H groups in total. The monoisotopic (exact) mass is 169 g/mol. The first-order valence-corrected chi connectivity index (χ1v) is 4.90. The quantitative estimate of drug-likeness (QED) is 0.587.